The second-order valence-electron chi connectivity index (χ2n) is 5.43. The molecule has 1 rings (SSSR count). The predicted octanol–water partition coefficient (Wildman–Crippen LogP) is 4.44. The van der Waals surface area contributed by atoms with E-state index in [4.69, 9.17) is 0 Å². The highest BCUT2D eigenvalue weighted by Crippen LogP contribution is 2.34. The van der Waals surface area contributed by atoms with Crippen molar-refractivity contribution < 1.29 is 0 Å². The second-order valence-corrected chi connectivity index (χ2v) is 5.43. The monoisotopic (exact) mass is 247 g/mol. The predicted molar refractivity (Wildman–Crippen MR) is 81.2 cm³/mol. The van der Waals surface area contributed by atoms with Crippen LogP contribution >= 0.6 is 0 Å². The molecule has 1 heteroatoms. The second kappa shape index (κ2) is 7.58. The number of hydrogen-bond acceptors (Lipinski definition) is 1. The van der Waals surface area contributed by atoms with Crippen LogP contribution in [0, 0.1) is 6.92 Å². The first-order valence-corrected chi connectivity index (χ1v) is 7.46. The zero-order valence-corrected chi connectivity index (χ0v) is 12.6. The zero-order valence-electron chi connectivity index (χ0n) is 12.6. The molecule has 0 aliphatic heterocycles. The molecule has 0 unspecified atom stereocenters. The maximum Gasteiger partial charge on any atom is 0.00776 e. The molecule has 0 amide bonds. The van der Waals surface area contributed by atoms with Crippen LogP contribution in [0.5, 0.6) is 0 Å². The topological polar surface area (TPSA) is 12.0 Å². The van der Waals surface area contributed by atoms with E-state index in [0.717, 1.165) is 13.1 Å². The van der Waals surface area contributed by atoms with Gasteiger partial charge < -0.3 is 5.32 Å². The summed E-state index contributed by atoms with van der Waals surface area (Å²) in [7, 11) is 0. The largest absolute Gasteiger partial charge is 0.316 e. The van der Waals surface area contributed by atoms with Crippen molar-refractivity contribution in [2.45, 2.75) is 58.8 Å². The van der Waals surface area contributed by atoms with Crippen molar-refractivity contribution >= 4 is 0 Å². The Balaban J connectivity index is 3.05. The minimum atomic E-state index is 0.325. The van der Waals surface area contributed by atoms with Crippen molar-refractivity contribution in [1.29, 1.82) is 0 Å². The number of rotatable bonds is 8. The molecule has 1 N–H and O–H groups in total. The molecule has 0 spiro atoms. The van der Waals surface area contributed by atoms with E-state index in [1.54, 1.807) is 0 Å². The minimum absolute atomic E-state index is 0.325. The Labute approximate surface area is 113 Å². The number of hydrogen-bond donors (Lipinski definition) is 1. The van der Waals surface area contributed by atoms with E-state index in [2.05, 4.69) is 57.3 Å². The standard InChI is InChI=1S/C17H29N/c1-5-11-17(12-6-2,14-18-7-3)16-10-8-9-15(4)13-16/h8-10,13,18H,5-7,11-12,14H2,1-4H3. The van der Waals surface area contributed by atoms with E-state index >= 15 is 0 Å². The molecule has 0 saturated carbocycles. The van der Waals surface area contributed by atoms with E-state index in [1.807, 2.05) is 0 Å². The van der Waals surface area contributed by atoms with E-state index < -0.39 is 0 Å². The third-order valence-electron chi connectivity index (χ3n) is 3.80. The summed E-state index contributed by atoms with van der Waals surface area (Å²) >= 11 is 0. The lowest BCUT2D eigenvalue weighted by Gasteiger charge is -2.35. The smallest absolute Gasteiger partial charge is 0.00776 e. The number of nitrogens with one attached hydrogen (secondary N) is 1. The van der Waals surface area contributed by atoms with Crippen molar-refractivity contribution in [2.75, 3.05) is 13.1 Å². The fraction of sp³-hybridized carbons (Fsp3) is 0.647. The van der Waals surface area contributed by atoms with Gasteiger partial charge in [-0.15, -0.1) is 0 Å². The van der Waals surface area contributed by atoms with Crippen molar-refractivity contribution in [1.82, 2.24) is 5.32 Å². The molecule has 0 aromatic heterocycles. The fourth-order valence-electron chi connectivity index (χ4n) is 2.99. The average molecular weight is 247 g/mol. The summed E-state index contributed by atoms with van der Waals surface area (Å²) in [5, 5.41) is 3.58. The summed E-state index contributed by atoms with van der Waals surface area (Å²) in [4.78, 5) is 0. The van der Waals surface area contributed by atoms with Gasteiger partial charge in [0.05, 0.1) is 0 Å². The van der Waals surface area contributed by atoms with Crippen molar-refractivity contribution in [3.05, 3.63) is 35.4 Å². The van der Waals surface area contributed by atoms with Gasteiger partial charge in [0.1, 0.15) is 0 Å². The maximum atomic E-state index is 3.58. The number of likely N-dealkylation sites (N-methyl/N-ethyl adjacent to an activating group) is 1. The Morgan fingerprint density at radius 1 is 1.06 bits per heavy atom. The van der Waals surface area contributed by atoms with Crippen LogP contribution in [0.2, 0.25) is 0 Å². The Morgan fingerprint density at radius 3 is 2.22 bits per heavy atom. The quantitative estimate of drug-likeness (QED) is 0.716. The third-order valence-corrected chi connectivity index (χ3v) is 3.80. The van der Waals surface area contributed by atoms with E-state index in [0.29, 0.717) is 5.41 Å². The summed E-state index contributed by atoms with van der Waals surface area (Å²) < 4.78 is 0. The van der Waals surface area contributed by atoms with Gasteiger partial charge in [-0.05, 0) is 31.9 Å². The lowest BCUT2D eigenvalue weighted by Crippen LogP contribution is -2.38. The lowest BCUT2D eigenvalue weighted by molar-refractivity contribution is 0.338. The van der Waals surface area contributed by atoms with E-state index in [-0.39, 0.29) is 0 Å². The molecular formula is C17H29N. The summed E-state index contributed by atoms with van der Waals surface area (Å²) in [6, 6.07) is 9.09. The molecule has 18 heavy (non-hydrogen) atoms. The Hall–Kier alpha value is -0.820. The van der Waals surface area contributed by atoms with Crippen LogP contribution in [0.25, 0.3) is 0 Å². The molecule has 0 atom stereocenters. The molecule has 0 saturated heterocycles. The van der Waals surface area contributed by atoms with Crippen LogP contribution in [-0.4, -0.2) is 13.1 Å². The van der Waals surface area contributed by atoms with Gasteiger partial charge in [-0.1, -0.05) is 63.4 Å². The van der Waals surface area contributed by atoms with Gasteiger partial charge in [-0.25, -0.2) is 0 Å². The average Bonchev–Trinajstić information content (AvgIpc) is 2.36. The summed E-state index contributed by atoms with van der Waals surface area (Å²) in [5.74, 6) is 0. The van der Waals surface area contributed by atoms with Gasteiger partial charge in [-0.3, -0.25) is 0 Å². The van der Waals surface area contributed by atoms with Crippen molar-refractivity contribution in [2.24, 2.45) is 0 Å². The summed E-state index contributed by atoms with van der Waals surface area (Å²) in [6.07, 6.45) is 5.05. The molecule has 0 bridgehead atoms. The van der Waals surface area contributed by atoms with Crippen molar-refractivity contribution in [3.8, 4) is 0 Å². The molecular weight excluding hydrogens is 218 g/mol. The van der Waals surface area contributed by atoms with Crippen molar-refractivity contribution in [3.63, 3.8) is 0 Å². The Morgan fingerprint density at radius 2 is 1.72 bits per heavy atom. The van der Waals surface area contributed by atoms with Gasteiger partial charge in [0.25, 0.3) is 0 Å². The van der Waals surface area contributed by atoms with Crippen LogP contribution < -0.4 is 5.32 Å². The highest BCUT2D eigenvalue weighted by molar-refractivity contribution is 5.30. The van der Waals surface area contributed by atoms with Gasteiger partial charge in [-0.2, -0.15) is 0 Å². The molecule has 0 aliphatic rings. The third kappa shape index (κ3) is 3.84. The lowest BCUT2D eigenvalue weighted by atomic mass is 9.73. The van der Waals surface area contributed by atoms with Crippen LogP contribution in [0.3, 0.4) is 0 Å². The zero-order chi connectivity index (χ0) is 13.4. The first kappa shape index (κ1) is 15.2. The fourth-order valence-corrected chi connectivity index (χ4v) is 2.99. The normalized spacial score (nSPS) is 11.8. The Kier molecular flexibility index (Phi) is 6.42. The van der Waals surface area contributed by atoms with E-state index in [1.165, 1.54) is 36.8 Å². The maximum absolute atomic E-state index is 3.58. The van der Waals surface area contributed by atoms with Gasteiger partial charge >= 0.3 is 0 Å². The first-order valence-electron chi connectivity index (χ1n) is 7.46. The molecule has 0 radical (unpaired) electrons. The van der Waals surface area contributed by atoms with Crippen LogP contribution in [-0.2, 0) is 5.41 Å². The van der Waals surface area contributed by atoms with Crippen LogP contribution in [0.15, 0.2) is 24.3 Å². The summed E-state index contributed by atoms with van der Waals surface area (Å²) in [6.45, 7) is 11.1. The van der Waals surface area contributed by atoms with Gasteiger partial charge in [0.2, 0.25) is 0 Å². The van der Waals surface area contributed by atoms with E-state index in [9.17, 15) is 0 Å². The molecule has 0 heterocycles. The first-order chi connectivity index (χ1) is 8.68. The summed E-state index contributed by atoms with van der Waals surface area (Å²) in [5.41, 5.74) is 3.22. The number of aryl methyl sites for hydroxylation is 1. The number of benzene rings is 1. The van der Waals surface area contributed by atoms with Gasteiger partial charge in [0.15, 0.2) is 0 Å². The molecule has 1 aromatic rings. The molecule has 1 nitrogen and oxygen atoms in total. The van der Waals surface area contributed by atoms with Crippen LogP contribution in [0.4, 0.5) is 0 Å². The van der Waals surface area contributed by atoms with Crippen LogP contribution in [0.1, 0.15) is 57.6 Å². The Bertz CT molecular complexity index is 337. The molecule has 0 fully saturated rings. The molecule has 102 valence electrons. The highest BCUT2D eigenvalue weighted by atomic mass is 14.9. The highest BCUT2D eigenvalue weighted by Gasteiger charge is 2.29. The molecule has 1 aromatic carbocycles. The van der Waals surface area contributed by atoms with Gasteiger partial charge in [0, 0.05) is 12.0 Å². The SMILES string of the molecule is CCCC(CCC)(CNCC)c1cccc(C)c1. The minimum Gasteiger partial charge on any atom is -0.316 e. The molecule has 0 aliphatic carbocycles.